The number of halogens is 1. The van der Waals surface area contributed by atoms with Crippen LogP contribution in [0.1, 0.15) is 34.6 Å². The summed E-state index contributed by atoms with van der Waals surface area (Å²) in [5.74, 6) is 0.399. The van der Waals surface area contributed by atoms with E-state index in [4.69, 9.17) is 0 Å². The van der Waals surface area contributed by atoms with E-state index in [1.807, 2.05) is 0 Å². The second-order valence-corrected chi connectivity index (χ2v) is 6.96. The molecule has 0 saturated heterocycles. The maximum atomic E-state index is 12.1. The van der Waals surface area contributed by atoms with Crippen molar-refractivity contribution in [2.75, 3.05) is 11.9 Å². The lowest BCUT2D eigenvalue weighted by Crippen LogP contribution is -2.27. The van der Waals surface area contributed by atoms with Crippen LogP contribution in [-0.2, 0) is 6.54 Å². The van der Waals surface area contributed by atoms with Gasteiger partial charge in [0.1, 0.15) is 4.47 Å². The number of nitrogens with zero attached hydrogens (tertiary/aromatic N) is 2. The van der Waals surface area contributed by atoms with Gasteiger partial charge in [0.15, 0.2) is 0 Å². The van der Waals surface area contributed by atoms with Crippen molar-refractivity contribution < 1.29 is 0 Å². The van der Waals surface area contributed by atoms with E-state index in [0.29, 0.717) is 16.9 Å². The molecule has 1 rings (SSSR count). The molecule has 0 aromatic carbocycles. The predicted molar refractivity (Wildman–Crippen MR) is 79.0 cm³/mol. The predicted octanol–water partition coefficient (Wildman–Crippen LogP) is 3.12. The first kappa shape index (κ1) is 15.2. The summed E-state index contributed by atoms with van der Waals surface area (Å²) in [4.78, 5) is 12.1. The van der Waals surface area contributed by atoms with Gasteiger partial charge in [0.2, 0.25) is 0 Å². The average Bonchev–Trinajstić information content (AvgIpc) is 2.22. The highest BCUT2D eigenvalue weighted by Crippen LogP contribution is 2.19. The number of hydrogen-bond donors (Lipinski definition) is 1. The molecule has 0 atom stereocenters. The zero-order valence-corrected chi connectivity index (χ0v) is 13.3. The van der Waals surface area contributed by atoms with E-state index in [1.54, 1.807) is 6.20 Å². The number of anilines is 1. The number of hydrogen-bond acceptors (Lipinski definition) is 3. The summed E-state index contributed by atoms with van der Waals surface area (Å²) >= 11 is 3.35. The summed E-state index contributed by atoms with van der Waals surface area (Å²) in [6.07, 6.45) is 1.71. The van der Waals surface area contributed by atoms with Gasteiger partial charge in [-0.1, -0.05) is 34.6 Å². The quantitative estimate of drug-likeness (QED) is 0.928. The smallest absolute Gasteiger partial charge is 0.283 e. The molecule has 0 fully saturated rings. The number of nitrogens with one attached hydrogen (secondary N) is 1. The van der Waals surface area contributed by atoms with Crippen LogP contribution in [0.5, 0.6) is 0 Å². The molecule has 4 nitrogen and oxygen atoms in total. The van der Waals surface area contributed by atoms with Gasteiger partial charge in [-0.25, -0.2) is 4.68 Å². The molecule has 0 amide bonds. The minimum Gasteiger partial charge on any atom is -0.382 e. The van der Waals surface area contributed by atoms with Gasteiger partial charge in [0, 0.05) is 13.1 Å². The molecule has 1 N–H and O–H groups in total. The maximum absolute atomic E-state index is 12.1. The molecule has 0 aliphatic heterocycles. The largest absolute Gasteiger partial charge is 0.382 e. The molecule has 1 heterocycles. The fourth-order valence-electron chi connectivity index (χ4n) is 1.42. The normalized spacial score (nSPS) is 11.9. The molecule has 0 radical (unpaired) electrons. The van der Waals surface area contributed by atoms with Crippen LogP contribution in [0.4, 0.5) is 5.69 Å². The monoisotopic (exact) mass is 315 g/mol. The van der Waals surface area contributed by atoms with E-state index in [0.717, 1.165) is 12.2 Å². The van der Waals surface area contributed by atoms with Gasteiger partial charge in [-0.15, -0.1) is 0 Å². The van der Waals surface area contributed by atoms with Gasteiger partial charge in [-0.3, -0.25) is 4.79 Å². The van der Waals surface area contributed by atoms with Crippen LogP contribution in [0.25, 0.3) is 0 Å². The van der Waals surface area contributed by atoms with Crippen molar-refractivity contribution >= 4 is 21.6 Å². The molecule has 0 saturated carbocycles. The number of rotatable bonds is 4. The molecular formula is C13H22BrN3O. The molecule has 5 heteroatoms. The number of aromatic nitrogens is 2. The highest BCUT2D eigenvalue weighted by atomic mass is 79.9. The van der Waals surface area contributed by atoms with Crippen molar-refractivity contribution in [3.63, 3.8) is 0 Å². The Balaban J connectivity index is 2.91. The summed E-state index contributed by atoms with van der Waals surface area (Å²) in [6.45, 7) is 12.0. The van der Waals surface area contributed by atoms with E-state index >= 15 is 0 Å². The van der Waals surface area contributed by atoms with Crippen molar-refractivity contribution in [1.29, 1.82) is 0 Å². The zero-order valence-electron chi connectivity index (χ0n) is 11.7. The van der Waals surface area contributed by atoms with Crippen molar-refractivity contribution in [3.8, 4) is 0 Å². The van der Waals surface area contributed by atoms with Crippen molar-refractivity contribution in [2.45, 2.75) is 41.2 Å². The molecule has 0 bridgehead atoms. The van der Waals surface area contributed by atoms with E-state index in [2.05, 4.69) is 61.0 Å². The first-order valence-electron chi connectivity index (χ1n) is 6.20. The fraction of sp³-hybridized carbons (Fsp3) is 0.692. The lowest BCUT2D eigenvalue weighted by atomic mass is 9.97. The molecule has 0 aliphatic carbocycles. The van der Waals surface area contributed by atoms with Crippen LogP contribution in [0.2, 0.25) is 0 Å². The van der Waals surface area contributed by atoms with Gasteiger partial charge >= 0.3 is 0 Å². The molecule has 0 aliphatic rings. The van der Waals surface area contributed by atoms with E-state index in [-0.39, 0.29) is 11.0 Å². The molecular weight excluding hydrogens is 294 g/mol. The van der Waals surface area contributed by atoms with Gasteiger partial charge in [-0.2, -0.15) is 5.10 Å². The van der Waals surface area contributed by atoms with Gasteiger partial charge in [0.25, 0.3) is 5.56 Å². The van der Waals surface area contributed by atoms with Crippen LogP contribution in [0.3, 0.4) is 0 Å². The summed E-state index contributed by atoms with van der Waals surface area (Å²) in [5, 5.41) is 7.44. The Bertz CT molecular complexity index is 460. The highest BCUT2D eigenvalue weighted by molar-refractivity contribution is 9.10. The van der Waals surface area contributed by atoms with Crippen LogP contribution in [0, 0.1) is 11.3 Å². The van der Waals surface area contributed by atoms with Crippen LogP contribution in [0.15, 0.2) is 15.5 Å². The summed E-state index contributed by atoms with van der Waals surface area (Å²) in [7, 11) is 0. The summed E-state index contributed by atoms with van der Waals surface area (Å²) < 4.78 is 2.05. The summed E-state index contributed by atoms with van der Waals surface area (Å²) in [6, 6.07) is 0. The Morgan fingerprint density at radius 2 is 2.06 bits per heavy atom. The van der Waals surface area contributed by atoms with Gasteiger partial charge < -0.3 is 5.32 Å². The molecule has 1 aromatic rings. The standard InChI is InChI=1S/C13H22BrN3O/c1-9(2)7-17-12(18)11(14)10(6-16-17)15-8-13(3,4)5/h6,9,15H,7-8H2,1-5H3. The third-order valence-electron chi connectivity index (χ3n) is 2.33. The second-order valence-electron chi connectivity index (χ2n) is 6.17. The van der Waals surface area contributed by atoms with Crippen molar-refractivity contribution in [3.05, 3.63) is 21.0 Å². The first-order valence-corrected chi connectivity index (χ1v) is 6.99. The Morgan fingerprint density at radius 1 is 1.44 bits per heavy atom. The Labute approximate surface area is 117 Å². The minimum absolute atomic E-state index is 0.0809. The third-order valence-corrected chi connectivity index (χ3v) is 3.10. The minimum atomic E-state index is -0.0809. The third kappa shape index (κ3) is 4.44. The Morgan fingerprint density at radius 3 is 2.56 bits per heavy atom. The van der Waals surface area contributed by atoms with Gasteiger partial charge in [-0.05, 0) is 27.3 Å². The lowest BCUT2D eigenvalue weighted by Gasteiger charge is -2.20. The highest BCUT2D eigenvalue weighted by Gasteiger charge is 2.13. The first-order chi connectivity index (χ1) is 8.20. The van der Waals surface area contributed by atoms with E-state index in [9.17, 15) is 4.79 Å². The topological polar surface area (TPSA) is 46.9 Å². The fourth-order valence-corrected chi connectivity index (χ4v) is 1.87. The lowest BCUT2D eigenvalue weighted by molar-refractivity contribution is 0.441. The zero-order chi connectivity index (χ0) is 13.9. The maximum Gasteiger partial charge on any atom is 0.283 e. The molecule has 102 valence electrons. The molecule has 1 aromatic heterocycles. The Kier molecular flexibility index (Phi) is 4.96. The van der Waals surface area contributed by atoms with Gasteiger partial charge in [0.05, 0.1) is 11.9 Å². The van der Waals surface area contributed by atoms with Crippen LogP contribution >= 0.6 is 15.9 Å². The summed E-state index contributed by atoms with van der Waals surface area (Å²) in [5.41, 5.74) is 0.837. The molecule has 0 unspecified atom stereocenters. The Hall–Kier alpha value is -0.840. The van der Waals surface area contributed by atoms with Crippen molar-refractivity contribution in [1.82, 2.24) is 9.78 Å². The van der Waals surface area contributed by atoms with E-state index in [1.165, 1.54) is 4.68 Å². The second kappa shape index (κ2) is 5.87. The molecule has 0 spiro atoms. The molecule has 18 heavy (non-hydrogen) atoms. The van der Waals surface area contributed by atoms with Crippen LogP contribution < -0.4 is 10.9 Å². The SMILES string of the molecule is CC(C)Cn1ncc(NCC(C)(C)C)c(Br)c1=O. The average molecular weight is 316 g/mol. The van der Waals surface area contributed by atoms with E-state index < -0.39 is 0 Å². The van der Waals surface area contributed by atoms with Crippen molar-refractivity contribution in [2.24, 2.45) is 11.3 Å². The van der Waals surface area contributed by atoms with Crippen LogP contribution in [-0.4, -0.2) is 16.3 Å².